The molecule has 1 fully saturated rings. The van der Waals surface area contributed by atoms with Crippen molar-refractivity contribution in [1.82, 2.24) is 5.32 Å². The highest BCUT2D eigenvalue weighted by Crippen LogP contribution is 2.32. The van der Waals surface area contributed by atoms with E-state index in [1.165, 1.54) is 0 Å². The summed E-state index contributed by atoms with van der Waals surface area (Å²) < 4.78 is 15.0. The van der Waals surface area contributed by atoms with Gasteiger partial charge in [-0.2, -0.15) is 0 Å². The quantitative estimate of drug-likeness (QED) is 0.900. The van der Waals surface area contributed by atoms with E-state index in [-0.39, 0.29) is 5.82 Å². The Bertz CT molecular complexity index is 404. The molecule has 2 unspecified atom stereocenters. The van der Waals surface area contributed by atoms with Crippen LogP contribution in [0.15, 0.2) is 22.7 Å². The molecule has 2 rings (SSSR count). The molecule has 4 heteroatoms. The number of benzene rings is 1. The molecule has 1 aromatic carbocycles. The van der Waals surface area contributed by atoms with Gasteiger partial charge in [-0.05, 0) is 40.9 Å². The molecule has 2 nitrogen and oxygen atoms in total. The summed E-state index contributed by atoms with van der Waals surface area (Å²) in [5.74, 6) is -0.134. The number of para-hydroxylation sites is 1. The fraction of sp³-hybridized carbons (Fsp3) is 0.600. The first-order chi connectivity index (χ1) is 9.17. The largest absolute Gasteiger partial charge is 0.362 e. The average Bonchev–Trinajstić information content (AvgIpc) is 2.39. The molecule has 1 aromatic rings. The van der Waals surface area contributed by atoms with Crippen molar-refractivity contribution >= 4 is 21.6 Å². The second kappa shape index (κ2) is 6.71. The highest BCUT2D eigenvalue weighted by atomic mass is 79.9. The maximum atomic E-state index is 14.2. The first kappa shape index (κ1) is 14.8. The molecule has 19 heavy (non-hydrogen) atoms. The summed E-state index contributed by atoms with van der Waals surface area (Å²) in [6.45, 7) is 6.17. The van der Waals surface area contributed by atoms with Crippen LogP contribution in [-0.4, -0.2) is 25.2 Å². The van der Waals surface area contributed by atoms with Gasteiger partial charge in [-0.1, -0.05) is 26.3 Å². The minimum Gasteiger partial charge on any atom is -0.362 e. The number of hydrogen-bond acceptors (Lipinski definition) is 2. The summed E-state index contributed by atoms with van der Waals surface area (Å²) in [5.41, 5.74) is 0.719. The van der Waals surface area contributed by atoms with E-state index >= 15 is 0 Å². The molecule has 0 aromatic heterocycles. The molecule has 1 saturated heterocycles. The van der Waals surface area contributed by atoms with Crippen LogP contribution in [0.3, 0.4) is 0 Å². The van der Waals surface area contributed by atoms with E-state index in [1.807, 2.05) is 6.07 Å². The van der Waals surface area contributed by atoms with Gasteiger partial charge >= 0.3 is 0 Å². The number of halogens is 2. The molecule has 1 heterocycles. The molecule has 0 saturated carbocycles. The van der Waals surface area contributed by atoms with Gasteiger partial charge in [0.1, 0.15) is 5.82 Å². The Morgan fingerprint density at radius 3 is 2.84 bits per heavy atom. The van der Waals surface area contributed by atoms with Crippen LogP contribution in [0, 0.1) is 5.82 Å². The van der Waals surface area contributed by atoms with Crippen molar-refractivity contribution in [2.75, 3.05) is 18.0 Å². The van der Waals surface area contributed by atoms with Crippen LogP contribution in [0.1, 0.15) is 33.1 Å². The van der Waals surface area contributed by atoms with Crippen LogP contribution in [0.25, 0.3) is 0 Å². The van der Waals surface area contributed by atoms with E-state index in [0.29, 0.717) is 12.1 Å². The third kappa shape index (κ3) is 3.29. The van der Waals surface area contributed by atoms with Crippen molar-refractivity contribution in [2.45, 2.75) is 45.2 Å². The van der Waals surface area contributed by atoms with Gasteiger partial charge in [0.2, 0.25) is 0 Å². The average molecular weight is 329 g/mol. The monoisotopic (exact) mass is 328 g/mol. The molecular formula is C15H22BrFN2. The Morgan fingerprint density at radius 2 is 2.21 bits per heavy atom. The van der Waals surface area contributed by atoms with E-state index < -0.39 is 0 Å². The van der Waals surface area contributed by atoms with Gasteiger partial charge in [0.15, 0.2) is 0 Å². The van der Waals surface area contributed by atoms with Crippen LogP contribution >= 0.6 is 15.9 Å². The fourth-order valence-corrected chi connectivity index (χ4v) is 3.38. The third-order valence-electron chi connectivity index (χ3n) is 3.83. The normalized spacial score (nSPS) is 23.7. The second-order valence-corrected chi connectivity index (χ2v) is 6.03. The highest BCUT2D eigenvalue weighted by molar-refractivity contribution is 9.10. The van der Waals surface area contributed by atoms with Crippen molar-refractivity contribution in [2.24, 2.45) is 0 Å². The van der Waals surface area contributed by atoms with Crippen molar-refractivity contribution in [3.05, 3.63) is 28.5 Å². The first-order valence-corrected chi connectivity index (χ1v) is 7.90. The predicted molar refractivity (Wildman–Crippen MR) is 82.2 cm³/mol. The van der Waals surface area contributed by atoms with Crippen LogP contribution in [0.5, 0.6) is 0 Å². The van der Waals surface area contributed by atoms with Gasteiger partial charge in [-0.15, -0.1) is 0 Å². The minimum absolute atomic E-state index is 0.134. The Kier molecular flexibility index (Phi) is 5.22. The number of anilines is 1. The lowest BCUT2D eigenvalue weighted by atomic mass is 10.0. The van der Waals surface area contributed by atoms with Crippen molar-refractivity contribution in [1.29, 1.82) is 0 Å². The van der Waals surface area contributed by atoms with Gasteiger partial charge in [0.25, 0.3) is 0 Å². The summed E-state index contributed by atoms with van der Waals surface area (Å²) in [4.78, 5) is 2.23. The molecule has 1 aliphatic rings. The number of rotatable bonds is 4. The van der Waals surface area contributed by atoms with Gasteiger partial charge in [0.05, 0.1) is 5.69 Å². The molecule has 0 spiro atoms. The second-order valence-electron chi connectivity index (χ2n) is 5.18. The van der Waals surface area contributed by atoms with Crippen LogP contribution in [0.2, 0.25) is 0 Å². The highest BCUT2D eigenvalue weighted by Gasteiger charge is 2.29. The molecule has 1 aliphatic heterocycles. The smallest absolute Gasteiger partial charge is 0.147 e. The summed E-state index contributed by atoms with van der Waals surface area (Å²) in [6.07, 6.45) is 3.31. The summed E-state index contributed by atoms with van der Waals surface area (Å²) in [5, 5.41) is 3.58. The fourth-order valence-electron chi connectivity index (χ4n) is 2.81. The van der Waals surface area contributed by atoms with Crippen LogP contribution in [0.4, 0.5) is 10.1 Å². The van der Waals surface area contributed by atoms with Crippen LogP contribution < -0.4 is 10.2 Å². The number of hydrogen-bond donors (Lipinski definition) is 1. The standard InChI is InChI=1S/C15H22BrFN2/c1-3-6-11-10-19(12(4-2)9-18-11)15-13(16)7-5-8-14(15)17/h5,7-8,11-12,18H,3-4,6,9-10H2,1-2H3. The van der Waals surface area contributed by atoms with Gasteiger partial charge < -0.3 is 10.2 Å². The minimum atomic E-state index is -0.134. The zero-order chi connectivity index (χ0) is 13.8. The SMILES string of the molecule is CCCC1CN(c2c(F)cccc2Br)C(CC)CN1. The lowest BCUT2D eigenvalue weighted by Crippen LogP contribution is -2.56. The van der Waals surface area contributed by atoms with Gasteiger partial charge in [-0.3, -0.25) is 0 Å². The molecule has 0 aliphatic carbocycles. The van der Waals surface area contributed by atoms with E-state index in [2.05, 4.69) is 40.0 Å². The lowest BCUT2D eigenvalue weighted by molar-refractivity contribution is 0.366. The van der Waals surface area contributed by atoms with E-state index in [1.54, 1.807) is 12.1 Å². The Hall–Kier alpha value is -0.610. The Balaban J connectivity index is 2.27. The summed E-state index contributed by atoms with van der Waals surface area (Å²) in [7, 11) is 0. The molecule has 0 amide bonds. The van der Waals surface area contributed by atoms with Gasteiger partial charge in [-0.25, -0.2) is 4.39 Å². The zero-order valence-electron chi connectivity index (χ0n) is 11.6. The molecule has 106 valence electrons. The number of nitrogens with one attached hydrogen (secondary N) is 1. The van der Waals surface area contributed by atoms with E-state index in [4.69, 9.17) is 0 Å². The van der Waals surface area contributed by atoms with Gasteiger partial charge in [0, 0.05) is 29.6 Å². The lowest BCUT2D eigenvalue weighted by Gasteiger charge is -2.42. The molecular weight excluding hydrogens is 307 g/mol. The Morgan fingerprint density at radius 1 is 1.42 bits per heavy atom. The van der Waals surface area contributed by atoms with Crippen molar-refractivity contribution in [3.8, 4) is 0 Å². The first-order valence-electron chi connectivity index (χ1n) is 7.11. The van der Waals surface area contributed by atoms with E-state index in [0.717, 1.165) is 42.5 Å². The zero-order valence-corrected chi connectivity index (χ0v) is 13.2. The maximum absolute atomic E-state index is 14.2. The molecule has 0 radical (unpaired) electrons. The third-order valence-corrected chi connectivity index (χ3v) is 4.47. The van der Waals surface area contributed by atoms with Crippen LogP contribution in [-0.2, 0) is 0 Å². The van der Waals surface area contributed by atoms with Crippen molar-refractivity contribution < 1.29 is 4.39 Å². The topological polar surface area (TPSA) is 15.3 Å². The predicted octanol–water partition coefficient (Wildman–Crippen LogP) is 3.95. The number of piperazine rings is 1. The molecule has 1 N–H and O–H groups in total. The van der Waals surface area contributed by atoms with Crippen molar-refractivity contribution in [3.63, 3.8) is 0 Å². The Labute approximate surface area is 123 Å². The number of nitrogens with zero attached hydrogens (tertiary/aromatic N) is 1. The van der Waals surface area contributed by atoms with E-state index in [9.17, 15) is 4.39 Å². The molecule has 2 atom stereocenters. The molecule has 0 bridgehead atoms. The maximum Gasteiger partial charge on any atom is 0.147 e. The summed E-state index contributed by atoms with van der Waals surface area (Å²) >= 11 is 3.50. The summed E-state index contributed by atoms with van der Waals surface area (Å²) in [6, 6.07) is 6.03.